The smallest absolute Gasteiger partial charge is 0.387 e. The van der Waals surface area contributed by atoms with Gasteiger partial charge in [-0.15, -0.1) is 0 Å². The SMILES string of the molecule is CC(NC(=O)CN1CCCCCC1=O)c1cccc(OC(F)F)c1. The Kier molecular flexibility index (Phi) is 6.52. The van der Waals surface area contributed by atoms with E-state index in [4.69, 9.17) is 0 Å². The van der Waals surface area contributed by atoms with Crippen molar-refractivity contribution in [1.29, 1.82) is 0 Å². The molecular formula is C17H22F2N2O3. The average molecular weight is 340 g/mol. The Morgan fingerprint density at radius 3 is 2.88 bits per heavy atom. The van der Waals surface area contributed by atoms with Crippen LogP contribution in [0.4, 0.5) is 8.78 Å². The van der Waals surface area contributed by atoms with E-state index in [2.05, 4.69) is 10.1 Å². The van der Waals surface area contributed by atoms with E-state index in [0.29, 0.717) is 18.5 Å². The molecule has 1 unspecified atom stereocenters. The van der Waals surface area contributed by atoms with Gasteiger partial charge in [0.1, 0.15) is 5.75 Å². The summed E-state index contributed by atoms with van der Waals surface area (Å²) in [4.78, 5) is 25.6. The third-order valence-electron chi connectivity index (χ3n) is 3.97. The second-order valence-corrected chi connectivity index (χ2v) is 5.87. The quantitative estimate of drug-likeness (QED) is 0.866. The molecule has 1 aromatic rings. The highest BCUT2D eigenvalue weighted by Crippen LogP contribution is 2.20. The second-order valence-electron chi connectivity index (χ2n) is 5.87. The van der Waals surface area contributed by atoms with Gasteiger partial charge in [0.2, 0.25) is 11.8 Å². The van der Waals surface area contributed by atoms with Gasteiger partial charge in [-0.25, -0.2) is 0 Å². The van der Waals surface area contributed by atoms with Crippen LogP contribution in [0.5, 0.6) is 5.75 Å². The van der Waals surface area contributed by atoms with Crippen LogP contribution in [0.25, 0.3) is 0 Å². The van der Waals surface area contributed by atoms with Gasteiger partial charge in [0.15, 0.2) is 0 Å². The lowest BCUT2D eigenvalue weighted by molar-refractivity contribution is -0.135. The molecule has 1 aliphatic heterocycles. The average Bonchev–Trinajstić information content (AvgIpc) is 2.72. The standard InChI is InChI=1S/C17H22F2N2O3/c1-12(13-6-5-7-14(10-13)24-17(18)19)20-15(22)11-21-9-4-2-3-8-16(21)23/h5-7,10,12,17H,2-4,8-9,11H2,1H3,(H,20,22). The van der Waals surface area contributed by atoms with Crippen molar-refractivity contribution in [3.8, 4) is 5.75 Å². The van der Waals surface area contributed by atoms with Gasteiger partial charge in [-0.2, -0.15) is 8.78 Å². The summed E-state index contributed by atoms with van der Waals surface area (Å²) in [6.45, 7) is -0.516. The van der Waals surface area contributed by atoms with Gasteiger partial charge < -0.3 is 15.0 Å². The Labute approximate surface area is 140 Å². The fourth-order valence-electron chi connectivity index (χ4n) is 2.71. The Hall–Kier alpha value is -2.18. The van der Waals surface area contributed by atoms with Crippen molar-refractivity contribution in [3.63, 3.8) is 0 Å². The van der Waals surface area contributed by atoms with Crippen LogP contribution in [0.1, 0.15) is 44.2 Å². The van der Waals surface area contributed by atoms with E-state index in [9.17, 15) is 18.4 Å². The maximum absolute atomic E-state index is 12.3. The second kappa shape index (κ2) is 8.61. The minimum Gasteiger partial charge on any atom is -0.435 e. The van der Waals surface area contributed by atoms with Crippen molar-refractivity contribution in [2.45, 2.75) is 45.3 Å². The van der Waals surface area contributed by atoms with E-state index < -0.39 is 6.61 Å². The first kappa shape index (κ1) is 18.2. The minimum atomic E-state index is -2.89. The molecule has 1 N–H and O–H groups in total. The maximum Gasteiger partial charge on any atom is 0.387 e. The highest BCUT2D eigenvalue weighted by atomic mass is 19.3. The summed E-state index contributed by atoms with van der Waals surface area (Å²) in [5.41, 5.74) is 0.656. The van der Waals surface area contributed by atoms with Crippen LogP contribution >= 0.6 is 0 Å². The topological polar surface area (TPSA) is 58.6 Å². The van der Waals surface area contributed by atoms with E-state index in [1.165, 1.54) is 12.1 Å². The number of carbonyl (C=O) groups excluding carboxylic acids is 2. The molecule has 132 valence electrons. The number of nitrogens with one attached hydrogen (secondary N) is 1. The Balaban J connectivity index is 1.92. The van der Waals surface area contributed by atoms with Crippen molar-refractivity contribution < 1.29 is 23.1 Å². The number of alkyl halides is 2. The number of rotatable bonds is 6. The molecule has 0 aliphatic carbocycles. The first-order valence-electron chi connectivity index (χ1n) is 8.07. The molecule has 2 amide bonds. The van der Waals surface area contributed by atoms with Gasteiger partial charge >= 0.3 is 6.61 Å². The molecular weight excluding hydrogens is 318 g/mol. The fourth-order valence-corrected chi connectivity index (χ4v) is 2.71. The van der Waals surface area contributed by atoms with E-state index in [-0.39, 0.29) is 30.2 Å². The summed E-state index contributed by atoms with van der Waals surface area (Å²) < 4.78 is 28.9. The third-order valence-corrected chi connectivity index (χ3v) is 3.97. The summed E-state index contributed by atoms with van der Waals surface area (Å²) in [6.07, 6.45) is 3.25. The van der Waals surface area contributed by atoms with Gasteiger partial charge in [0, 0.05) is 13.0 Å². The molecule has 1 aliphatic rings. The van der Waals surface area contributed by atoms with Crippen LogP contribution in [-0.2, 0) is 9.59 Å². The molecule has 0 bridgehead atoms. The molecule has 1 heterocycles. The molecule has 0 saturated carbocycles. The van der Waals surface area contributed by atoms with Crippen LogP contribution < -0.4 is 10.1 Å². The number of ether oxygens (including phenoxy) is 1. The van der Waals surface area contributed by atoms with Crippen LogP contribution in [-0.4, -0.2) is 36.4 Å². The third kappa shape index (κ3) is 5.47. The lowest BCUT2D eigenvalue weighted by Crippen LogP contribution is -2.41. The summed E-state index contributed by atoms with van der Waals surface area (Å²) in [6, 6.07) is 5.84. The van der Waals surface area contributed by atoms with Gasteiger partial charge in [-0.3, -0.25) is 9.59 Å². The predicted octanol–water partition coefficient (Wildman–Crippen LogP) is 2.87. The number of nitrogens with zero attached hydrogens (tertiary/aromatic N) is 1. The molecule has 7 heteroatoms. The molecule has 0 radical (unpaired) electrons. The number of hydrogen-bond donors (Lipinski definition) is 1. The van der Waals surface area contributed by atoms with E-state index >= 15 is 0 Å². The lowest BCUT2D eigenvalue weighted by Gasteiger charge is -2.22. The maximum atomic E-state index is 12.3. The van der Waals surface area contributed by atoms with Crippen LogP contribution in [0.2, 0.25) is 0 Å². The molecule has 2 rings (SSSR count). The molecule has 1 aromatic carbocycles. The van der Waals surface area contributed by atoms with Crippen molar-refractivity contribution in [1.82, 2.24) is 10.2 Å². The van der Waals surface area contributed by atoms with Gasteiger partial charge in [-0.1, -0.05) is 18.6 Å². The van der Waals surface area contributed by atoms with Crippen molar-refractivity contribution in [3.05, 3.63) is 29.8 Å². The number of benzene rings is 1. The van der Waals surface area contributed by atoms with Gasteiger partial charge in [-0.05, 0) is 37.5 Å². The normalized spacial score (nSPS) is 16.7. The van der Waals surface area contributed by atoms with Crippen LogP contribution in [0.3, 0.4) is 0 Å². The number of carbonyl (C=O) groups is 2. The summed E-state index contributed by atoms with van der Waals surface area (Å²) in [7, 11) is 0. The monoisotopic (exact) mass is 340 g/mol. The summed E-state index contributed by atoms with van der Waals surface area (Å²) in [5.74, 6) is -0.216. The van der Waals surface area contributed by atoms with Crippen molar-refractivity contribution >= 4 is 11.8 Å². The number of likely N-dealkylation sites (tertiary alicyclic amines) is 1. The Morgan fingerprint density at radius 1 is 1.33 bits per heavy atom. The minimum absolute atomic E-state index is 0.00244. The number of amides is 2. The number of halogens is 2. The van der Waals surface area contributed by atoms with Crippen molar-refractivity contribution in [2.75, 3.05) is 13.1 Å². The molecule has 1 saturated heterocycles. The highest BCUT2D eigenvalue weighted by Gasteiger charge is 2.20. The van der Waals surface area contributed by atoms with Gasteiger partial charge in [0.25, 0.3) is 0 Å². The molecule has 1 atom stereocenters. The Morgan fingerprint density at radius 2 is 2.12 bits per heavy atom. The fraction of sp³-hybridized carbons (Fsp3) is 0.529. The summed E-state index contributed by atoms with van der Waals surface area (Å²) >= 11 is 0. The summed E-state index contributed by atoms with van der Waals surface area (Å²) in [5, 5.41) is 2.79. The molecule has 0 aromatic heterocycles. The number of hydrogen-bond acceptors (Lipinski definition) is 3. The Bertz CT molecular complexity index is 581. The zero-order valence-electron chi connectivity index (χ0n) is 13.6. The first-order chi connectivity index (χ1) is 11.5. The largest absolute Gasteiger partial charge is 0.435 e. The zero-order valence-corrected chi connectivity index (χ0v) is 13.6. The molecule has 5 nitrogen and oxygen atoms in total. The highest BCUT2D eigenvalue weighted by molar-refractivity contribution is 5.85. The predicted molar refractivity (Wildman–Crippen MR) is 84.7 cm³/mol. The van der Waals surface area contributed by atoms with E-state index in [0.717, 1.165) is 19.3 Å². The molecule has 0 spiro atoms. The van der Waals surface area contributed by atoms with Crippen LogP contribution in [0.15, 0.2) is 24.3 Å². The zero-order chi connectivity index (χ0) is 17.5. The van der Waals surface area contributed by atoms with E-state index in [1.807, 2.05) is 0 Å². The van der Waals surface area contributed by atoms with E-state index in [1.54, 1.807) is 24.0 Å². The van der Waals surface area contributed by atoms with Crippen LogP contribution in [0, 0.1) is 0 Å². The first-order valence-corrected chi connectivity index (χ1v) is 8.07. The van der Waals surface area contributed by atoms with Gasteiger partial charge in [0.05, 0.1) is 12.6 Å². The molecule has 1 fully saturated rings. The van der Waals surface area contributed by atoms with Crippen molar-refractivity contribution in [2.24, 2.45) is 0 Å². The molecule has 24 heavy (non-hydrogen) atoms. The lowest BCUT2D eigenvalue weighted by atomic mass is 10.1.